The van der Waals surface area contributed by atoms with Gasteiger partial charge in [-0.3, -0.25) is 0 Å². The Hall–Kier alpha value is -2.31. The zero-order chi connectivity index (χ0) is 14.5. The molecule has 0 radical (unpaired) electrons. The Morgan fingerprint density at radius 1 is 1.32 bits per heavy atom. The van der Waals surface area contributed by atoms with Crippen LogP contribution in [0.4, 0.5) is 13.2 Å². The smallest absolute Gasteiger partial charge is 0.458 e. The van der Waals surface area contributed by atoms with Gasteiger partial charge in [0.05, 0.1) is 5.56 Å². The first-order valence-corrected chi connectivity index (χ1v) is 5.01. The Kier molecular flexibility index (Phi) is 4.68. The Labute approximate surface area is 106 Å². The summed E-state index contributed by atoms with van der Waals surface area (Å²) in [6, 6.07) is 4.68. The lowest BCUT2D eigenvalue weighted by Gasteiger charge is -2.08. The van der Waals surface area contributed by atoms with Crippen molar-refractivity contribution in [3.63, 3.8) is 0 Å². The topological polar surface area (TPSA) is 52.6 Å². The fourth-order valence-corrected chi connectivity index (χ4v) is 1.07. The number of alkyl halides is 3. The number of halogens is 3. The van der Waals surface area contributed by atoms with E-state index < -0.39 is 23.9 Å². The lowest BCUT2D eigenvalue weighted by molar-refractivity contribution is -0.189. The number of hydrogen-bond acceptors (Lipinski definition) is 4. The predicted molar refractivity (Wildman–Crippen MR) is 58.6 cm³/mol. The third-order valence-corrected chi connectivity index (χ3v) is 1.84. The second-order valence-corrected chi connectivity index (χ2v) is 3.30. The van der Waals surface area contributed by atoms with Crippen molar-refractivity contribution in [2.45, 2.75) is 6.18 Å². The summed E-state index contributed by atoms with van der Waals surface area (Å²) in [5, 5.41) is 0. The summed E-state index contributed by atoms with van der Waals surface area (Å²) in [5.41, 5.74) is -0.0330. The molecule has 0 saturated carbocycles. The highest BCUT2D eigenvalue weighted by molar-refractivity contribution is 5.90. The van der Waals surface area contributed by atoms with Crippen LogP contribution in [0.1, 0.15) is 10.4 Å². The Morgan fingerprint density at radius 3 is 2.58 bits per heavy atom. The van der Waals surface area contributed by atoms with Gasteiger partial charge in [0.25, 0.3) is 0 Å². The molecule has 1 rings (SSSR count). The summed E-state index contributed by atoms with van der Waals surface area (Å²) in [5.74, 6) is -3.51. The van der Waals surface area contributed by atoms with Crippen LogP contribution in [0.15, 0.2) is 36.9 Å². The van der Waals surface area contributed by atoms with Crippen molar-refractivity contribution < 1.29 is 32.2 Å². The molecule has 4 nitrogen and oxygen atoms in total. The van der Waals surface area contributed by atoms with E-state index in [-0.39, 0.29) is 12.2 Å². The summed E-state index contributed by atoms with van der Waals surface area (Å²) >= 11 is 0. The number of hydrogen-bond donors (Lipinski definition) is 0. The van der Waals surface area contributed by atoms with Crippen molar-refractivity contribution in [1.29, 1.82) is 0 Å². The van der Waals surface area contributed by atoms with E-state index in [2.05, 4.69) is 16.1 Å². The van der Waals surface area contributed by atoms with E-state index in [0.717, 1.165) is 12.1 Å². The Morgan fingerprint density at radius 2 is 2.00 bits per heavy atom. The highest BCUT2D eigenvalue weighted by Crippen LogP contribution is 2.21. The third-order valence-electron chi connectivity index (χ3n) is 1.84. The first-order valence-electron chi connectivity index (χ1n) is 5.01. The Balaban J connectivity index is 2.80. The fraction of sp³-hybridized carbons (Fsp3) is 0.167. The molecule has 1 aromatic carbocycles. The van der Waals surface area contributed by atoms with Crippen LogP contribution in [0.3, 0.4) is 0 Å². The molecule has 0 bridgehead atoms. The summed E-state index contributed by atoms with van der Waals surface area (Å²) in [7, 11) is 0. The molecule has 0 unspecified atom stereocenters. The van der Waals surface area contributed by atoms with Gasteiger partial charge in [0, 0.05) is 0 Å². The molecule has 0 N–H and O–H groups in total. The average molecular weight is 274 g/mol. The normalized spacial score (nSPS) is 10.7. The monoisotopic (exact) mass is 274 g/mol. The molecule has 0 heterocycles. The highest BCUT2D eigenvalue weighted by Gasteiger charge is 2.41. The minimum atomic E-state index is -5.10. The van der Waals surface area contributed by atoms with Crippen LogP contribution in [-0.2, 0) is 9.53 Å². The van der Waals surface area contributed by atoms with Crippen molar-refractivity contribution in [1.82, 2.24) is 0 Å². The molecule has 0 amide bonds. The van der Waals surface area contributed by atoms with E-state index in [1.165, 1.54) is 18.2 Å². The first-order chi connectivity index (χ1) is 8.84. The van der Waals surface area contributed by atoms with Gasteiger partial charge in [0.15, 0.2) is 0 Å². The molecule has 0 aliphatic carbocycles. The van der Waals surface area contributed by atoms with Crippen molar-refractivity contribution in [3.8, 4) is 5.75 Å². The molecule has 102 valence electrons. The van der Waals surface area contributed by atoms with Crippen LogP contribution in [0.5, 0.6) is 5.75 Å². The molecule has 0 saturated heterocycles. The molecular formula is C12H9F3O4. The zero-order valence-electron chi connectivity index (χ0n) is 9.57. The number of benzene rings is 1. The molecule has 0 spiro atoms. The van der Waals surface area contributed by atoms with Crippen LogP contribution >= 0.6 is 0 Å². The summed E-state index contributed by atoms with van der Waals surface area (Å²) < 4.78 is 44.7. The molecule has 0 fully saturated rings. The average Bonchev–Trinajstić information content (AvgIpc) is 2.35. The van der Waals surface area contributed by atoms with Gasteiger partial charge in [0.2, 0.25) is 0 Å². The number of esters is 2. The summed E-state index contributed by atoms with van der Waals surface area (Å²) in [6.07, 6.45) is -3.76. The molecule has 1 aromatic rings. The minimum absolute atomic E-state index is 0.0330. The molecule has 0 aliphatic rings. The zero-order valence-corrected chi connectivity index (χ0v) is 9.57. The van der Waals surface area contributed by atoms with E-state index in [4.69, 9.17) is 0 Å². The largest absolute Gasteiger partial charge is 0.491 e. The van der Waals surface area contributed by atoms with Crippen molar-refractivity contribution >= 4 is 11.9 Å². The fourth-order valence-electron chi connectivity index (χ4n) is 1.07. The van der Waals surface area contributed by atoms with Gasteiger partial charge >= 0.3 is 18.1 Å². The van der Waals surface area contributed by atoms with E-state index >= 15 is 0 Å². The van der Waals surface area contributed by atoms with E-state index in [1.807, 2.05) is 0 Å². The molecule has 19 heavy (non-hydrogen) atoms. The lowest BCUT2D eigenvalue weighted by Crippen LogP contribution is -2.28. The first kappa shape index (κ1) is 14.7. The SMILES string of the molecule is C=CCOC(=O)c1cccc(OC(=O)C(F)(F)F)c1. The summed E-state index contributed by atoms with van der Waals surface area (Å²) in [4.78, 5) is 22.0. The third kappa shape index (κ3) is 4.46. The van der Waals surface area contributed by atoms with Crippen molar-refractivity contribution in [2.24, 2.45) is 0 Å². The van der Waals surface area contributed by atoms with Gasteiger partial charge in [-0.15, -0.1) is 0 Å². The molecule has 0 aliphatic heterocycles. The molecule has 7 heteroatoms. The van der Waals surface area contributed by atoms with Gasteiger partial charge in [-0.05, 0) is 18.2 Å². The van der Waals surface area contributed by atoms with Crippen LogP contribution in [0.2, 0.25) is 0 Å². The van der Waals surface area contributed by atoms with E-state index in [9.17, 15) is 22.8 Å². The second-order valence-electron chi connectivity index (χ2n) is 3.30. The quantitative estimate of drug-likeness (QED) is 0.481. The van der Waals surface area contributed by atoms with Crippen LogP contribution in [0, 0.1) is 0 Å². The van der Waals surface area contributed by atoms with Gasteiger partial charge < -0.3 is 9.47 Å². The second kappa shape index (κ2) is 6.03. The number of carbonyl (C=O) groups is 2. The highest BCUT2D eigenvalue weighted by atomic mass is 19.4. The number of ether oxygens (including phenoxy) is 2. The van der Waals surface area contributed by atoms with Gasteiger partial charge in [-0.1, -0.05) is 18.7 Å². The van der Waals surface area contributed by atoms with Crippen LogP contribution < -0.4 is 4.74 Å². The lowest BCUT2D eigenvalue weighted by atomic mass is 10.2. The van der Waals surface area contributed by atoms with Gasteiger partial charge in [-0.2, -0.15) is 13.2 Å². The van der Waals surface area contributed by atoms with Crippen molar-refractivity contribution in [2.75, 3.05) is 6.61 Å². The molecular weight excluding hydrogens is 265 g/mol. The maximum absolute atomic E-state index is 12.0. The van der Waals surface area contributed by atoms with Crippen LogP contribution in [0.25, 0.3) is 0 Å². The standard InChI is InChI=1S/C12H9F3O4/c1-2-6-18-10(16)8-4-3-5-9(7-8)19-11(17)12(13,14)15/h2-5,7H,1,6H2. The predicted octanol–water partition coefficient (Wildman–Crippen LogP) is 2.50. The van der Waals surface area contributed by atoms with E-state index in [1.54, 1.807) is 0 Å². The van der Waals surface area contributed by atoms with Gasteiger partial charge in [-0.25, -0.2) is 9.59 Å². The number of carbonyl (C=O) groups excluding carboxylic acids is 2. The maximum Gasteiger partial charge on any atom is 0.491 e. The van der Waals surface area contributed by atoms with Crippen molar-refractivity contribution in [3.05, 3.63) is 42.5 Å². The number of rotatable bonds is 4. The molecule has 0 aromatic heterocycles. The minimum Gasteiger partial charge on any atom is -0.458 e. The maximum atomic E-state index is 12.0. The Bertz CT molecular complexity index is 494. The van der Waals surface area contributed by atoms with Crippen LogP contribution in [-0.4, -0.2) is 24.7 Å². The van der Waals surface area contributed by atoms with E-state index in [0.29, 0.717) is 0 Å². The molecule has 0 atom stereocenters. The van der Waals surface area contributed by atoms with Gasteiger partial charge in [0.1, 0.15) is 12.4 Å². The summed E-state index contributed by atoms with van der Waals surface area (Å²) in [6.45, 7) is 3.30.